The second-order valence-corrected chi connectivity index (χ2v) is 5.71. The van der Waals surface area contributed by atoms with Crippen LogP contribution in [0.4, 0.5) is 0 Å². The van der Waals surface area contributed by atoms with Crippen LogP contribution in [0.25, 0.3) is 32.3 Å². The van der Waals surface area contributed by atoms with E-state index in [-0.39, 0.29) is 0 Å². The average molecular weight is 295 g/mol. The van der Waals surface area contributed by atoms with Crippen molar-refractivity contribution >= 4 is 48.2 Å². The van der Waals surface area contributed by atoms with Crippen LogP contribution in [0.15, 0.2) is 53.0 Å². The third-order valence-electron chi connectivity index (χ3n) is 3.81. The summed E-state index contributed by atoms with van der Waals surface area (Å²) in [5.41, 5.74) is 1.34. The van der Waals surface area contributed by atoms with Crippen LogP contribution in [0.5, 0.6) is 0 Å². The van der Waals surface area contributed by atoms with Crippen LogP contribution in [0.2, 0.25) is 0 Å². The minimum absolute atomic E-state index is 1.18. The van der Waals surface area contributed by atoms with Crippen LogP contribution in [0.1, 0.15) is 5.56 Å². The Morgan fingerprint density at radius 3 is 2.44 bits per heavy atom. The summed E-state index contributed by atoms with van der Waals surface area (Å²) in [7, 11) is 0. The van der Waals surface area contributed by atoms with Gasteiger partial charge in [0.2, 0.25) is 0 Å². The van der Waals surface area contributed by atoms with Gasteiger partial charge in [0.1, 0.15) is 0 Å². The van der Waals surface area contributed by atoms with Crippen molar-refractivity contribution in [2.75, 3.05) is 0 Å². The monoisotopic (exact) mass is 294 g/mol. The van der Waals surface area contributed by atoms with E-state index >= 15 is 0 Å². The van der Waals surface area contributed by atoms with Crippen molar-refractivity contribution in [3.8, 4) is 0 Å². The molecule has 0 radical (unpaired) electrons. The van der Waals surface area contributed by atoms with Gasteiger partial charge < -0.3 is 0 Å². The Labute approximate surface area is 114 Å². The summed E-state index contributed by atoms with van der Waals surface area (Å²) in [5, 5.41) is 8.07. The molecule has 4 aromatic carbocycles. The molecule has 0 N–H and O–H groups in total. The molecular formula is C17H11Br. The van der Waals surface area contributed by atoms with E-state index < -0.39 is 0 Å². The normalized spacial score (nSPS) is 11.9. The summed E-state index contributed by atoms with van der Waals surface area (Å²) >= 11 is 3.70. The van der Waals surface area contributed by atoms with Crippen LogP contribution in [0.3, 0.4) is 0 Å². The molecule has 0 aliphatic rings. The highest BCUT2D eigenvalue weighted by Gasteiger charge is 2.11. The summed E-state index contributed by atoms with van der Waals surface area (Å²) in [5.74, 6) is 0. The molecule has 0 aliphatic heterocycles. The first-order chi connectivity index (χ1) is 8.75. The highest BCUT2D eigenvalue weighted by Crippen LogP contribution is 2.39. The van der Waals surface area contributed by atoms with E-state index in [9.17, 15) is 0 Å². The van der Waals surface area contributed by atoms with Gasteiger partial charge in [-0.1, -0.05) is 58.4 Å². The van der Waals surface area contributed by atoms with E-state index in [0.29, 0.717) is 0 Å². The van der Waals surface area contributed by atoms with Crippen LogP contribution in [-0.4, -0.2) is 0 Å². The summed E-state index contributed by atoms with van der Waals surface area (Å²) in [6, 6.07) is 17.6. The largest absolute Gasteiger partial charge is 0.0610 e. The maximum atomic E-state index is 3.70. The van der Waals surface area contributed by atoms with Gasteiger partial charge in [-0.2, -0.15) is 0 Å². The summed E-state index contributed by atoms with van der Waals surface area (Å²) in [6.45, 7) is 2.18. The molecule has 4 aromatic rings. The second-order valence-electron chi connectivity index (χ2n) is 4.86. The molecule has 0 heterocycles. The maximum Gasteiger partial charge on any atom is 0.0260 e. The predicted octanol–water partition coefficient (Wildman–Crippen LogP) is 5.65. The maximum absolute atomic E-state index is 3.70. The molecule has 0 bridgehead atoms. The second kappa shape index (κ2) is 3.46. The minimum Gasteiger partial charge on any atom is -0.0610 e. The number of hydrogen-bond donors (Lipinski definition) is 0. The molecule has 18 heavy (non-hydrogen) atoms. The number of aryl methyl sites for hydroxylation is 1. The SMILES string of the molecule is Cc1ccc2cc(Br)c3cccc4ccc1c2c43. The number of halogens is 1. The Morgan fingerprint density at radius 2 is 1.56 bits per heavy atom. The predicted molar refractivity (Wildman–Crippen MR) is 82.6 cm³/mol. The Bertz CT molecular complexity index is 885. The minimum atomic E-state index is 1.18. The van der Waals surface area contributed by atoms with Gasteiger partial charge >= 0.3 is 0 Å². The van der Waals surface area contributed by atoms with Crippen molar-refractivity contribution < 1.29 is 0 Å². The first-order valence-electron chi connectivity index (χ1n) is 6.08. The van der Waals surface area contributed by atoms with E-state index in [0.717, 1.165) is 0 Å². The summed E-state index contributed by atoms with van der Waals surface area (Å²) < 4.78 is 1.18. The quantitative estimate of drug-likeness (QED) is 0.367. The van der Waals surface area contributed by atoms with E-state index in [1.165, 1.54) is 42.4 Å². The van der Waals surface area contributed by atoms with E-state index in [1.54, 1.807) is 0 Å². The molecule has 0 fully saturated rings. The van der Waals surface area contributed by atoms with Crippen molar-refractivity contribution in [1.82, 2.24) is 0 Å². The number of hydrogen-bond acceptors (Lipinski definition) is 0. The van der Waals surface area contributed by atoms with Gasteiger partial charge in [0.25, 0.3) is 0 Å². The standard InChI is InChI=1S/C17H11Br/c1-10-5-6-12-9-15(18)14-4-2-3-11-7-8-13(10)17(12)16(11)14/h2-9H,1H3. The van der Waals surface area contributed by atoms with Gasteiger partial charge in [-0.05, 0) is 50.9 Å². The first kappa shape index (κ1) is 10.3. The van der Waals surface area contributed by atoms with Crippen molar-refractivity contribution in [3.05, 3.63) is 58.6 Å². The third kappa shape index (κ3) is 1.20. The Balaban J connectivity index is 2.49. The van der Waals surface area contributed by atoms with Crippen LogP contribution in [0, 0.1) is 6.92 Å². The lowest BCUT2D eigenvalue weighted by atomic mass is 9.92. The third-order valence-corrected chi connectivity index (χ3v) is 4.47. The molecule has 4 rings (SSSR count). The van der Waals surface area contributed by atoms with Gasteiger partial charge in [0.05, 0.1) is 0 Å². The molecule has 0 unspecified atom stereocenters. The zero-order valence-corrected chi connectivity index (χ0v) is 11.6. The number of rotatable bonds is 0. The molecule has 0 aromatic heterocycles. The lowest BCUT2D eigenvalue weighted by Gasteiger charge is -2.13. The highest BCUT2D eigenvalue weighted by atomic mass is 79.9. The molecule has 86 valence electrons. The van der Waals surface area contributed by atoms with Crippen molar-refractivity contribution in [1.29, 1.82) is 0 Å². The van der Waals surface area contributed by atoms with E-state index in [4.69, 9.17) is 0 Å². The van der Waals surface area contributed by atoms with Crippen molar-refractivity contribution in [2.24, 2.45) is 0 Å². The summed E-state index contributed by atoms with van der Waals surface area (Å²) in [6.07, 6.45) is 0. The highest BCUT2D eigenvalue weighted by molar-refractivity contribution is 9.10. The Kier molecular flexibility index (Phi) is 1.98. The van der Waals surface area contributed by atoms with Gasteiger partial charge in [0.15, 0.2) is 0 Å². The summed E-state index contributed by atoms with van der Waals surface area (Å²) in [4.78, 5) is 0. The molecule has 0 nitrogen and oxygen atoms in total. The lowest BCUT2D eigenvalue weighted by molar-refractivity contribution is 1.55. The van der Waals surface area contributed by atoms with E-state index in [1.807, 2.05) is 0 Å². The van der Waals surface area contributed by atoms with Gasteiger partial charge in [-0.15, -0.1) is 0 Å². The molecular weight excluding hydrogens is 284 g/mol. The number of benzene rings is 4. The topological polar surface area (TPSA) is 0 Å². The molecule has 0 amide bonds. The first-order valence-corrected chi connectivity index (χ1v) is 6.87. The van der Waals surface area contributed by atoms with Gasteiger partial charge in [-0.25, -0.2) is 0 Å². The Morgan fingerprint density at radius 1 is 0.778 bits per heavy atom. The molecule has 0 aliphatic carbocycles. The molecule has 1 heteroatoms. The van der Waals surface area contributed by atoms with Crippen LogP contribution in [-0.2, 0) is 0 Å². The zero-order chi connectivity index (χ0) is 12.3. The molecule has 0 spiro atoms. The zero-order valence-electron chi connectivity index (χ0n) is 10.00. The van der Waals surface area contributed by atoms with Crippen LogP contribution < -0.4 is 0 Å². The average Bonchev–Trinajstić information content (AvgIpc) is 2.40. The fraction of sp³-hybridized carbons (Fsp3) is 0.0588. The lowest BCUT2D eigenvalue weighted by Crippen LogP contribution is -1.86. The van der Waals surface area contributed by atoms with E-state index in [2.05, 4.69) is 71.4 Å². The fourth-order valence-electron chi connectivity index (χ4n) is 2.93. The fourth-order valence-corrected chi connectivity index (χ4v) is 3.51. The van der Waals surface area contributed by atoms with Crippen LogP contribution >= 0.6 is 15.9 Å². The van der Waals surface area contributed by atoms with Gasteiger partial charge in [-0.3, -0.25) is 0 Å². The smallest absolute Gasteiger partial charge is 0.0260 e. The Hall–Kier alpha value is -1.60. The van der Waals surface area contributed by atoms with Gasteiger partial charge in [0, 0.05) is 4.47 Å². The van der Waals surface area contributed by atoms with Crippen molar-refractivity contribution in [3.63, 3.8) is 0 Å². The molecule has 0 saturated carbocycles. The van der Waals surface area contributed by atoms with Crippen molar-refractivity contribution in [2.45, 2.75) is 6.92 Å². The molecule has 0 atom stereocenters. The molecule has 0 saturated heterocycles.